The molecule has 0 aliphatic carbocycles. The van der Waals surface area contributed by atoms with E-state index in [2.05, 4.69) is 82.8 Å². The lowest BCUT2D eigenvalue weighted by Gasteiger charge is -2.03. The lowest BCUT2D eigenvalue weighted by molar-refractivity contribution is 0.607. The van der Waals surface area contributed by atoms with Crippen LogP contribution in [-0.4, -0.2) is 30.4 Å². The van der Waals surface area contributed by atoms with Gasteiger partial charge in [-0.2, -0.15) is 10.2 Å². The van der Waals surface area contributed by atoms with Crippen LogP contribution in [-0.2, 0) is 12.8 Å². The normalized spacial score (nSPS) is 11.3. The number of benzene rings is 3. The number of aromatic amines is 2. The maximum absolute atomic E-state index is 4.80. The van der Waals surface area contributed by atoms with Crippen LogP contribution in [0.5, 0.6) is 0 Å². The average Bonchev–Trinajstić information content (AvgIpc) is 3.77. The van der Waals surface area contributed by atoms with Gasteiger partial charge in [0.05, 0.1) is 0 Å². The van der Waals surface area contributed by atoms with Crippen molar-refractivity contribution in [2.75, 3.05) is 0 Å². The van der Waals surface area contributed by atoms with Crippen LogP contribution < -0.4 is 0 Å². The minimum atomic E-state index is 0.662. The van der Waals surface area contributed by atoms with Gasteiger partial charge in [-0.1, -0.05) is 145 Å². The number of hydrogen-bond acceptors (Lipinski definition) is 4. The van der Waals surface area contributed by atoms with Crippen LogP contribution in [0, 0.1) is 0 Å². The molecule has 0 saturated heterocycles. The molecule has 0 fully saturated rings. The van der Waals surface area contributed by atoms with E-state index in [1.54, 1.807) is 0 Å². The van der Waals surface area contributed by atoms with Gasteiger partial charge in [-0.05, 0) is 42.9 Å². The van der Waals surface area contributed by atoms with Crippen LogP contribution in [0.3, 0.4) is 0 Å². The Morgan fingerprint density at radius 3 is 1.30 bits per heavy atom. The summed E-state index contributed by atoms with van der Waals surface area (Å²) in [4.78, 5) is 9.61. The Kier molecular flexibility index (Phi) is 11.9. The molecule has 0 saturated carbocycles. The molecule has 230 valence electrons. The van der Waals surface area contributed by atoms with Crippen molar-refractivity contribution in [2.24, 2.45) is 0 Å². The summed E-state index contributed by atoms with van der Waals surface area (Å²) < 4.78 is 0. The van der Waals surface area contributed by atoms with Gasteiger partial charge in [0.25, 0.3) is 0 Å². The van der Waals surface area contributed by atoms with Gasteiger partial charge in [0.15, 0.2) is 23.3 Å². The Hall–Kier alpha value is -4.06. The summed E-state index contributed by atoms with van der Waals surface area (Å²) in [7, 11) is 0. The van der Waals surface area contributed by atoms with Crippen molar-refractivity contribution in [1.82, 2.24) is 30.4 Å². The molecule has 0 amide bonds. The summed E-state index contributed by atoms with van der Waals surface area (Å²) in [6.07, 6.45) is 18.1. The fraction of sp³-hybridized carbons (Fsp3) is 0.421. The molecule has 0 radical (unpaired) electrons. The van der Waals surface area contributed by atoms with E-state index in [9.17, 15) is 0 Å². The number of H-pyrrole nitrogens is 2. The van der Waals surface area contributed by atoms with Crippen molar-refractivity contribution in [2.45, 2.75) is 104 Å². The minimum absolute atomic E-state index is 0.662. The van der Waals surface area contributed by atoms with Gasteiger partial charge >= 0.3 is 0 Å². The predicted molar refractivity (Wildman–Crippen MR) is 182 cm³/mol. The quantitative estimate of drug-likeness (QED) is 0.0998. The average molecular weight is 589 g/mol. The molecule has 2 N–H and O–H groups in total. The number of unbranched alkanes of at least 4 members (excludes halogenated alkanes) is 10. The third kappa shape index (κ3) is 8.98. The van der Waals surface area contributed by atoms with E-state index in [0.717, 1.165) is 46.7 Å². The topological polar surface area (TPSA) is 83.1 Å². The maximum atomic E-state index is 4.80. The molecule has 6 heteroatoms. The fourth-order valence-electron chi connectivity index (χ4n) is 5.71. The molecule has 0 aliphatic rings. The van der Waals surface area contributed by atoms with E-state index < -0.39 is 0 Å². The first-order chi connectivity index (χ1) is 21.7. The highest BCUT2D eigenvalue weighted by atomic mass is 15.2. The Bertz CT molecular complexity index is 1420. The van der Waals surface area contributed by atoms with Crippen LogP contribution >= 0.6 is 0 Å². The zero-order chi connectivity index (χ0) is 30.4. The van der Waals surface area contributed by atoms with Crippen molar-refractivity contribution in [3.05, 3.63) is 83.9 Å². The Balaban J connectivity index is 1.17. The highest BCUT2D eigenvalue weighted by Gasteiger charge is 2.12. The molecule has 0 aliphatic heterocycles. The zero-order valence-corrected chi connectivity index (χ0v) is 26.6. The van der Waals surface area contributed by atoms with E-state index >= 15 is 0 Å². The summed E-state index contributed by atoms with van der Waals surface area (Å²) >= 11 is 0. The Morgan fingerprint density at radius 2 is 0.864 bits per heavy atom. The van der Waals surface area contributed by atoms with Gasteiger partial charge in [-0.3, -0.25) is 10.2 Å². The van der Waals surface area contributed by atoms with Crippen molar-refractivity contribution < 1.29 is 0 Å². The first kappa shape index (κ1) is 31.4. The highest BCUT2D eigenvalue weighted by molar-refractivity contribution is 5.69. The zero-order valence-electron chi connectivity index (χ0n) is 26.6. The molecule has 0 atom stereocenters. The summed E-state index contributed by atoms with van der Waals surface area (Å²) in [5.74, 6) is 2.87. The van der Waals surface area contributed by atoms with Gasteiger partial charge in [-0.15, -0.1) is 0 Å². The number of aryl methyl sites for hydroxylation is 2. The molecule has 5 aromatic rings. The van der Waals surface area contributed by atoms with E-state index in [0.29, 0.717) is 11.6 Å². The number of nitrogens with zero attached hydrogens (tertiary/aromatic N) is 4. The second-order valence-corrected chi connectivity index (χ2v) is 12.0. The lowest BCUT2D eigenvalue weighted by Crippen LogP contribution is -1.88. The van der Waals surface area contributed by atoms with Crippen molar-refractivity contribution in [1.29, 1.82) is 0 Å². The summed E-state index contributed by atoms with van der Waals surface area (Å²) in [6.45, 7) is 4.53. The third-order valence-corrected chi connectivity index (χ3v) is 8.44. The number of hydrogen-bond donors (Lipinski definition) is 2. The number of rotatable bonds is 18. The smallest absolute Gasteiger partial charge is 0.181 e. The Labute approximate surface area is 263 Å². The predicted octanol–water partition coefficient (Wildman–Crippen LogP) is 10.4. The first-order valence-electron chi connectivity index (χ1n) is 16.9. The molecule has 44 heavy (non-hydrogen) atoms. The number of aromatic nitrogens is 6. The van der Waals surface area contributed by atoms with E-state index in [1.807, 2.05) is 24.3 Å². The molecule has 5 rings (SSSR count). The van der Waals surface area contributed by atoms with Gasteiger partial charge in [0.1, 0.15) is 0 Å². The summed E-state index contributed by atoms with van der Waals surface area (Å²) in [5.41, 5.74) is 6.70. The van der Waals surface area contributed by atoms with Crippen LogP contribution in [0.2, 0.25) is 0 Å². The minimum Gasteiger partial charge on any atom is -0.259 e. The van der Waals surface area contributed by atoms with Crippen molar-refractivity contribution >= 4 is 0 Å². The van der Waals surface area contributed by atoms with Crippen LogP contribution in [0.1, 0.15) is 102 Å². The van der Waals surface area contributed by atoms with Gasteiger partial charge < -0.3 is 0 Å². The molecular formula is C38H48N6. The highest BCUT2D eigenvalue weighted by Crippen LogP contribution is 2.26. The number of nitrogens with one attached hydrogen (secondary N) is 2. The van der Waals surface area contributed by atoms with E-state index in [-0.39, 0.29) is 0 Å². The molecule has 2 heterocycles. The molecule has 0 bridgehead atoms. The summed E-state index contributed by atoms with van der Waals surface area (Å²) in [6, 6.07) is 25.5. The second-order valence-electron chi connectivity index (χ2n) is 12.0. The van der Waals surface area contributed by atoms with Gasteiger partial charge in [0, 0.05) is 22.3 Å². The molecular weight excluding hydrogens is 540 g/mol. The third-order valence-electron chi connectivity index (χ3n) is 8.44. The molecule has 3 aromatic carbocycles. The molecule has 2 aromatic heterocycles. The van der Waals surface area contributed by atoms with Crippen LogP contribution in [0.4, 0.5) is 0 Å². The Morgan fingerprint density at radius 1 is 0.455 bits per heavy atom. The van der Waals surface area contributed by atoms with E-state index in [1.165, 1.54) is 88.2 Å². The fourth-order valence-corrected chi connectivity index (χ4v) is 5.71. The van der Waals surface area contributed by atoms with Gasteiger partial charge in [0.2, 0.25) is 0 Å². The van der Waals surface area contributed by atoms with Gasteiger partial charge in [-0.25, -0.2) is 9.97 Å². The largest absolute Gasteiger partial charge is 0.259 e. The van der Waals surface area contributed by atoms with Crippen molar-refractivity contribution in [3.8, 4) is 45.6 Å². The monoisotopic (exact) mass is 588 g/mol. The van der Waals surface area contributed by atoms with Crippen molar-refractivity contribution in [3.63, 3.8) is 0 Å². The molecule has 6 nitrogen and oxygen atoms in total. The standard InChI is InChI=1S/C38H48N6/c1-3-5-7-9-11-13-16-29-20-24-31(25-21-29)35-39-37(43-41-35)33-18-15-19-34(28-33)38-40-36(42-44-38)32-26-22-30(23-27-32)17-14-12-10-8-6-4-2/h15,18-28H,3-14,16-17H2,1-2H3,(H,39,41,43)(H,40,42,44). The second kappa shape index (κ2) is 16.7. The van der Waals surface area contributed by atoms with E-state index in [4.69, 9.17) is 9.97 Å². The SMILES string of the molecule is CCCCCCCCc1ccc(-c2nc(-c3cccc(-c4n[nH]c(-c5ccc(CCCCCCCC)cc5)n4)c3)n[nH]2)cc1. The van der Waals surface area contributed by atoms with Crippen LogP contribution in [0.15, 0.2) is 72.8 Å². The summed E-state index contributed by atoms with van der Waals surface area (Å²) in [5, 5.41) is 15.3. The molecule has 0 spiro atoms. The molecule has 0 unspecified atom stereocenters. The lowest BCUT2D eigenvalue weighted by atomic mass is 10.0. The van der Waals surface area contributed by atoms with Crippen LogP contribution in [0.25, 0.3) is 45.6 Å². The first-order valence-corrected chi connectivity index (χ1v) is 16.9. The maximum Gasteiger partial charge on any atom is 0.181 e.